The number of para-hydroxylation sites is 1. The molecule has 1 aliphatic rings. The van der Waals surface area contributed by atoms with E-state index in [1.54, 1.807) is 0 Å². The molecule has 1 heterocycles. The van der Waals surface area contributed by atoms with Crippen LogP contribution in [-0.4, -0.2) is 56.7 Å². The molecule has 1 unspecified atom stereocenters. The number of ether oxygens (including phenoxy) is 1. The number of guanidine groups is 1. The number of likely N-dealkylation sites (N-methyl/N-ethyl adjacent to an activating group) is 1. The van der Waals surface area contributed by atoms with Crippen molar-refractivity contribution in [2.24, 2.45) is 4.99 Å². The van der Waals surface area contributed by atoms with E-state index < -0.39 is 0 Å². The van der Waals surface area contributed by atoms with Gasteiger partial charge in [-0.25, -0.2) is 4.99 Å². The molecule has 0 amide bonds. The Bertz CT molecular complexity index is 470. The Labute approximate surface area is 156 Å². The second-order valence-electron chi connectivity index (χ2n) is 5.59. The van der Waals surface area contributed by atoms with Crippen LogP contribution in [0, 0.1) is 0 Å². The van der Waals surface area contributed by atoms with Crippen LogP contribution in [0.2, 0.25) is 0 Å². The summed E-state index contributed by atoms with van der Waals surface area (Å²) in [6, 6.07) is 8.23. The summed E-state index contributed by atoms with van der Waals surface area (Å²) in [6.07, 6.45) is 1.09. The van der Waals surface area contributed by atoms with E-state index in [0.717, 1.165) is 44.3 Å². The maximum absolute atomic E-state index is 5.92. The lowest BCUT2D eigenvalue weighted by atomic mass is 10.1. The third-order valence-electron chi connectivity index (χ3n) is 3.84. The number of halogens is 1. The lowest BCUT2D eigenvalue weighted by Gasteiger charge is -2.17. The molecule has 1 aromatic carbocycles. The molecule has 1 aromatic rings. The molecule has 0 aromatic heterocycles. The third-order valence-corrected chi connectivity index (χ3v) is 3.84. The SMILES string of the molecule is CCNC(=NCC1Cc2ccccc2O1)NCCN(C)CC.I. The fraction of sp³-hybridized carbons (Fsp3) is 0.588. The minimum absolute atomic E-state index is 0. The molecule has 0 bridgehead atoms. The molecule has 0 saturated heterocycles. The van der Waals surface area contributed by atoms with Gasteiger partial charge < -0.3 is 20.3 Å². The van der Waals surface area contributed by atoms with Crippen molar-refractivity contribution in [2.75, 3.05) is 39.8 Å². The number of aliphatic imine (C=N–C) groups is 1. The molecular weight excluding hydrogens is 403 g/mol. The van der Waals surface area contributed by atoms with Crippen LogP contribution in [0.3, 0.4) is 0 Å². The Balaban J connectivity index is 0.00000264. The van der Waals surface area contributed by atoms with Crippen molar-refractivity contribution < 1.29 is 4.74 Å². The zero-order valence-electron chi connectivity index (χ0n) is 14.3. The van der Waals surface area contributed by atoms with Crippen molar-refractivity contribution in [3.63, 3.8) is 0 Å². The quantitative estimate of drug-likeness (QED) is 0.394. The molecule has 1 atom stereocenters. The first kappa shape index (κ1) is 20.0. The van der Waals surface area contributed by atoms with E-state index in [0.29, 0.717) is 6.54 Å². The van der Waals surface area contributed by atoms with Gasteiger partial charge in [0.25, 0.3) is 0 Å². The highest BCUT2D eigenvalue weighted by Gasteiger charge is 2.21. The number of nitrogens with one attached hydrogen (secondary N) is 2. The number of rotatable bonds is 7. The Morgan fingerprint density at radius 3 is 2.78 bits per heavy atom. The average Bonchev–Trinajstić information content (AvgIpc) is 2.95. The molecule has 23 heavy (non-hydrogen) atoms. The maximum atomic E-state index is 5.92. The van der Waals surface area contributed by atoms with Crippen molar-refractivity contribution in [1.82, 2.24) is 15.5 Å². The van der Waals surface area contributed by atoms with E-state index in [9.17, 15) is 0 Å². The Morgan fingerprint density at radius 1 is 1.30 bits per heavy atom. The van der Waals surface area contributed by atoms with Crippen LogP contribution in [0.4, 0.5) is 0 Å². The molecule has 130 valence electrons. The van der Waals surface area contributed by atoms with Gasteiger partial charge in [-0.05, 0) is 32.1 Å². The minimum atomic E-state index is 0. The number of hydrogen-bond donors (Lipinski definition) is 2. The molecule has 0 radical (unpaired) electrons. The van der Waals surface area contributed by atoms with E-state index in [-0.39, 0.29) is 30.1 Å². The molecule has 2 N–H and O–H groups in total. The number of benzene rings is 1. The van der Waals surface area contributed by atoms with Crippen LogP contribution in [0.1, 0.15) is 19.4 Å². The zero-order chi connectivity index (χ0) is 15.8. The fourth-order valence-electron chi connectivity index (χ4n) is 2.41. The predicted molar refractivity (Wildman–Crippen MR) is 107 cm³/mol. The van der Waals surface area contributed by atoms with Gasteiger partial charge >= 0.3 is 0 Å². The van der Waals surface area contributed by atoms with Gasteiger partial charge in [0, 0.05) is 26.1 Å². The predicted octanol–water partition coefficient (Wildman–Crippen LogP) is 2.11. The molecule has 1 aliphatic heterocycles. The number of hydrogen-bond acceptors (Lipinski definition) is 3. The molecule has 0 fully saturated rings. The largest absolute Gasteiger partial charge is 0.488 e. The van der Waals surface area contributed by atoms with Gasteiger partial charge in [0.1, 0.15) is 11.9 Å². The standard InChI is InChI=1S/C17H28N4O.HI/c1-4-18-17(19-10-11-21(3)5-2)20-13-15-12-14-8-6-7-9-16(14)22-15;/h6-9,15H,4-5,10-13H2,1-3H3,(H2,18,19,20);1H. The van der Waals surface area contributed by atoms with Crippen LogP contribution in [-0.2, 0) is 6.42 Å². The first-order valence-corrected chi connectivity index (χ1v) is 8.18. The van der Waals surface area contributed by atoms with Gasteiger partial charge in [-0.15, -0.1) is 24.0 Å². The summed E-state index contributed by atoms with van der Waals surface area (Å²) in [7, 11) is 2.12. The Morgan fingerprint density at radius 2 is 2.09 bits per heavy atom. The lowest BCUT2D eigenvalue weighted by Crippen LogP contribution is -2.41. The van der Waals surface area contributed by atoms with Crippen LogP contribution < -0.4 is 15.4 Å². The van der Waals surface area contributed by atoms with Gasteiger partial charge in [0.05, 0.1) is 6.54 Å². The van der Waals surface area contributed by atoms with E-state index in [1.807, 2.05) is 12.1 Å². The van der Waals surface area contributed by atoms with Crippen LogP contribution in [0.15, 0.2) is 29.3 Å². The molecule has 2 rings (SSSR count). The normalized spacial score (nSPS) is 16.5. The summed E-state index contributed by atoms with van der Waals surface area (Å²) < 4.78 is 5.92. The maximum Gasteiger partial charge on any atom is 0.191 e. The van der Waals surface area contributed by atoms with Crippen molar-refractivity contribution >= 4 is 29.9 Å². The monoisotopic (exact) mass is 432 g/mol. The zero-order valence-corrected chi connectivity index (χ0v) is 16.7. The summed E-state index contributed by atoms with van der Waals surface area (Å²) >= 11 is 0. The van der Waals surface area contributed by atoms with Gasteiger partial charge in [0.15, 0.2) is 5.96 Å². The first-order chi connectivity index (χ1) is 10.7. The number of fused-ring (bicyclic) bond motifs is 1. The highest BCUT2D eigenvalue weighted by Crippen LogP contribution is 2.28. The summed E-state index contributed by atoms with van der Waals surface area (Å²) in [5.74, 6) is 1.87. The fourth-order valence-corrected chi connectivity index (χ4v) is 2.41. The Kier molecular flexibility index (Phi) is 9.31. The van der Waals surface area contributed by atoms with Crippen molar-refractivity contribution in [3.05, 3.63) is 29.8 Å². The van der Waals surface area contributed by atoms with E-state index >= 15 is 0 Å². The smallest absolute Gasteiger partial charge is 0.191 e. The summed E-state index contributed by atoms with van der Waals surface area (Å²) in [4.78, 5) is 6.92. The van der Waals surface area contributed by atoms with Crippen molar-refractivity contribution in [2.45, 2.75) is 26.4 Å². The minimum Gasteiger partial charge on any atom is -0.488 e. The van der Waals surface area contributed by atoms with Crippen LogP contribution >= 0.6 is 24.0 Å². The molecule has 0 saturated carbocycles. The molecular formula is C17H29IN4O. The van der Waals surface area contributed by atoms with Crippen molar-refractivity contribution in [1.29, 1.82) is 0 Å². The number of nitrogens with zero attached hydrogens (tertiary/aromatic N) is 2. The van der Waals surface area contributed by atoms with Gasteiger partial charge in [-0.2, -0.15) is 0 Å². The average molecular weight is 432 g/mol. The second kappa shape index (κ2) is 10.7. The van der Waals surface area contributed by atoms with Crippen LogP contribution in [0.25, 0.3) is 0 Å². The summed E-state index contributed by atoms with van der Waals surface area (Å²) in [5, 5.41) is 6.66. The molecule has 0 aliphatic carbocycles. The first-order valence-electron chi connectivity index (χ1n) is 8.18. The van der Waals surface area contributed by atoms with E-state index in [2.05, 4.69) is 53.6 Å². The van der Waals surface area contributed by atoms with E-state index in [1.165, 1.54) is 5.56 Å². The summed E-state index contributed by atoms with van der Waals surface area (Å²) in [5.41, 5.74) is 1.28. The van der Waals surface area contributed by atoms with Gasteiger partial charge in [-0.1, -0.05) is 25.1 Å². The van der Waals surface area contributed by atoms with Crippen LogP contribution in [0.5, 0.6) is 5.75 Å². The highest BCUT2D eigenvalue weighted by molar-refractivity contribution is 14.0. The molecule has 0 spiro atoms. The van der Waals surface area contributed by atoms with Crippen molar-refractivity contribution in [3.8, 4) is 5.75 Å². The lowest BCUT2D eigenvalue weighted by molar-refractivity contribution is 0.241. The summed E-state index contributed by atoms with van der Waals surface area (Å²) in [6.45, 7) is 8.73. The second-order valence-corrected chi connectivity index (χ2v) is 5.59. The topological polar surface area (TPSA) is 48.9 Å². The van der Waals surface area contributed by atoms with Gasteiger partial charge in [0.2, 0.25) is 0 Å². The third kappa shape index (κ3) is 6.55. The van der Waals surface area contributed by atoms with Gasteiger partial charge in [-0.3, -0.25) is 0 Å². The molecule has 5 nitrogen and oxygen atoms in total. The Hall–Kier alpha value is -1.02. The molecule has 6 heteroatoms. The highest BCUT2D eigenvalue weighted by atomic mass is 127. The van der Waals surface area contributed by atoms with E-state index in [4.69, 9.17) is 4.74 Å².